The Kier molecular flexibility index (Phi) is 1.06. The van der Waals surface area contributed by atoms with Crippen molar-refractivity contribution in [2.45, 2.75) is 6.42 Å². The number of aliphatic imine (C=N–C) groups is 1. The molecule has 1 heterocycles. The number of nitrogens with zero attached hydrogens (tertiary/aromatic N) is 1. The van der Waals surface area contributed by atoms with Crippen LogP contribution in [0.25, 0.3) is 0 Å². The topological polar surface area (TPSA) is 41.5 Å². The highest BCUT2D eigenvalue weighted by molar-refractivity contribution is 5.85. The van der Waals surface area contributed by atoms with Gasteiger partial charge in [-0.15, -0.1) is 0 Å². The van der Waals surface area contributed by atoms with Gasteiger partial charge in [0.15, 0.2) is 0 Å². The molecule has 1 aliphatic rings. The number of carbonyl (C=O) groups is 1. The van der Waals surface area contributed by atoms with E-state index in [0.29, 0.717) is 0 Å². The first-order valence-electron chi connectivity index (χ1n) is 2.20. The van der Waals surface area contributed by atoms with Crippen molar-refractivity contribution in [1.29, 1.82) is 0 Å². The van der Waals surface area contributed by atoms with Crippen molar-refractivity contribution in [2.24, 2.45) is 4.99 Å². The average Bonchev–Trinajstić information content (AvgIpc) is 1.69. The molecule has 0 bridgehead atoms. The molecule has 1 rings (SSSR count). The Bertz CT molecular complexity index is 108. The molecule has 0 atom stereocenters. The summed E-state index contributed by atoms with van der Waals surface area (Å²) >= 11 is 0. The number of rotatable bonds is 0. The molecule has 3 heteroatoms. The molecule has 7 heavy (non-hydrogen) atoms. The third-order valence-corrected chi connectivity index (χ3v) is 0.758. The molecule has 0 unspecified atom stereocenters. The summed E-state index contributed by atoms with van der Waals surface area (Å²) in [5.41, 5.74) is 0. The van der Waals surface area contributed by atoms with Crippen LogP contribution in [-0.2, 0) is 0 Å². The molecular weight excluding hydrogens is 92.1 g/mol. The second-order valence-electron chi connectivity index (χ2n) is 1.33. The van der Waals surface area contributed by atoms with Crippen molar-refractivity contribution in [3.8, 4) is 0 Å². The smallest absolute Gasteiger partial charge is 0.336 e. The van der Waals surface area contributed by atoms with Crippen molar-refractivity contribution in [3.05, 3.63) is 0 Å². The number of amides is 2. The van der Waals surface area contributed by atoms with Crippen molar-refractivity contribution in [3.63, 3.8) is 0 Å². The quantitative estimate of drug-likeness (QED) is 0.461. The highest BCUT2D eigenvalue weighted by Gasteiger charge is 1.97. The van der Waals surface area contributed by atoms with Crippen LogP contribution >= 0.6 is 0 Å². The highest BCUT2D eigenvalue weighted by Crippen LogP contribution is 1.81. The Labute approximate surface area is 41.4 Å². The zero-order chi connectivity index (χ0) is 5.11. The van der Waals surface area contributed by atoms with Gasteiger partial charge in [-0.2, -0.15) is 0 Å². The fourth-order valence-corrected chi connectivity index (χ4v) is 0.437. The molecular formula is C4H6N2O. The predicted molar refractivity (Wildman–Crippen MR) is 26.5 cm³/mol. The normalized spacial score (nSPS) is 19.1. The summed E-state index contributed by atoms with van der Waals surface area (Å²) in [4.78, 5) is 13.6. The van der Waals surface area contributed by atoms with Crippen LogP contribution in [0.15, 0.2) is 4.99 Å². The van der Waals surface area contributed by atoms with Crippen molar-refractivity contribution in [2.75, 3.05) is 6.54 Å². The van der Waals surface area contributed by atoms with Crippen LogP contribution in [0.2, 0.25) is 0 Å². The molecule has 0 saturated carbocycles. The van der Waals surface area contributed by atoms with Gasteiger partial charge in [-0.05, 0) is 0 Å². The molecule has 1 aliphatic heterocycles. The lowest BCUT2D eigenvalue weighted by atomic mass is 10.4. The zero-order valence-electron chi connectivity index (χ0n) is 3.85. The van der Waals surface area contributed by atoms with E-state index >= 15 is 0 Å². The largest absolute Gasteiger partial charge is 0.340 e. The van der Waals surface area contributed by atoms with E-state index in [-0.39, 0.29) is 6.03 Å². The maximum atomic E-state index is 10.2. The first-order valence-corrected chi connectivity index (χ1v) is 2.20. The molecule has 0 spiro atoms. The Morgan fingerprint density at radius 2 is 2.71 bits per heavy atom. The molecule has 0 aliphatic carbocycles. The van der Waals surface area contributed by atoms with Gasteiger partial charge in [0.25, 0.3) is 0 Å². The minimum atomic E-state index is -0.216. The summed E-state index contributed by atoms with van der Waals surface area (Å²) in [6.07, 6.45) is 2.49. The zero-order valence-corrected chi connectivity index (χ0v) is 3.85. The number of carbonyl (C=O) groups excluding carboxylic acids is 1. The third kappa shape index (κ3) is 0.994. The summed E-state index contributed by atoms with van der Waals surface area (Å²) < 4.78 is 0. The first-order chi connectivity index (χ1) is 3.39. The summed E-state index contributed by atoms with van der Waals surface area (Å²) in [5.74, 6) is 0. The van der Waals surface area contributed by atoms with E-state index in [1.807, 2.05) is 0 Å². The lowest BCUT2D eigenvalue weighted by Gasteiger charge is -2.00. The van der Waals surface area contributed by atoms with E-state index in [2.05, 4.69) is 10.3 Å². The standard InChI is InChI=1S/C4H6N2O/c7-4-5-2-1-3-6-4/h2H,1,3H2,(H,6,7). The molecule has 0 aromatic carbocycles. The van der Waals surface area contributed by atoms with E-state index in [1.165, 1.54) is 0 Å². The fourth-order valence-electron chi connectivity index (χ4n) is 0.437. The molecule has 2 amide bonds. The van der Waals surface area contributed by atoms with Gasteiger partial charge in [0.2, 0.25) is 0 Å². The number of hydrogen-bond acceptors (Lipinski definition) is 1. The van der Waals surface area contributed by atoms with E-state index in [4.69, 9.17) is 0 Å². The Hall–Kier alpha value is -0.860. The lowest BCUT2D eigenvalue weighted by Crippen LogP contribution is -2.24. The second-order valence-corrected chi connectivity index (χ2v) is 1.33. The van der Waals surface area contributed by atoms with Crippen LogP contribution in [0.4, 0.5) is 4.79 Å². The van der Waals surface area contributed by atoms with Gasteiger partial charge in [-0.3, -0.25) is 0 Å². The molecule has 0 radical (unpaired) electrons. The van der Waals surface area contributed by atoms with Crippen LogP contribution in [0.3, 0.4) is 0 Å². The molecule has 0 fully saturated rings. The maximum Gasteiger partial charge on any atom is 0.340 e. The van der Waals surface area contributed by atoms with Crippen LogP contribution in [-0.4, -0.2) is 18.8 Å². The van der Waals surface area contributed by atoms with Gasteiger partial charge < -0.3 is 5.32 Å². The molecule has 0 aromatic rings. The van der Waals surface area contributed by atoms with Gasteiger partial charge in [0, 0.05) is 19.2 Å². The lowest BCUT2D eigenvalue weighted by molar-refractivity contribution is 0.249. The third-order valence-electron chi connectivity index (χ3n) is 0.758. The average molecular weight is 98.1 g/mol. The van der Waals surface area contributed by atoms with Gasteiger partial charge in [0.05, 0.1) is 0 Å². The first kappa shape index (κ1) is 4.30. The molecule has 3 nitrogen and oxygen atoms in total. The summed E-state index contributed by atoms with van der Waals surface area (Å²) in [6, 6.07) is -0.216. The number of nitrogens with one attached hydrogen (secondary N) is 1. The van der Waals surface area contributed by atoms with Crippen LogP contribution in [0.5, 0.6) is 0 Å². The molecule has 1 N–H and O–H groups in total. The second kappa shape index (κ2) is 1.73. The summed E-state index contributed by atoms with van der Waals surface area (Å²) in [5, 5.41) is 2.55. The van der Waals surface area contributed by atoms with E-state index < -0.39 is 0 Å². The number of urea groups is 1. The fraction of sp³-hybridized carbons (Fsp3) is 0.500. The summed E-state index contributed by atoms with van der Waals surface area (Å²) in [7, 11) is 0. The maximum absolute atomic E-state index is 10.2. The molecule has 0 aromatic heterocycles. The van der Waals surface area contributed by atoms with Crippen LogP contribution < -0.4 is 5.32 Å². The van der Waals surface area contributed by atoms with Gasteiger partial charge >= 0.3 is 6.03 Å². The Morgan fingerprint density at radius 3 is 3.00 bits per heavy atom. The van der Waals surface area contributed by atoms with Gasteiger partial charge in [-0.25, -0.2) is 9.79 Å². The molecule has 0 saturated heterocycles. The Morgan fingerprint density at radius 1 is 1.86 bits per heavy atom. The van der Waals surface area contributed by atoms with E-state index in [1.54, 1.807) is 6.21 Å². The monoisotopic (exact) mass is 98.0 g/mol. The van der Waals surface area contributed by atoms with Crippen LogP contribution in [0, 0.1) is 0 Å². The SMILES string of the molecule is O=C1N=CCCN1. The predicted octanol–water partition coefficient (Wildman–Crippen LogP) is 0.171. The van der Waals surface area contributed by atoms with Crippen LogP contribution in [0.1, 0.15) is 6.42 Å². The van der Waals surface area contributed by atoms with E-state index in [0.717, 1.165) is 13.0 Å². The summed E-state index contributed by atoms with van der Waals surface area (Å²) in [6.45, 7) is 0.738. The van der Waals surface area contributed by atoms with Crippen molar-refractivity contribution < 1.29 is 4.79 Å². The minimum Gasteiger partial charge on any atom is -0.336 e. The van der Waals surface area contributed by atoms with Crippen molar-refractivity contribution >= 4 is 12.2 Å². The Balaban J connectivity index is 2.51. The van der Waals surface area contributed by atoms with E-state index in [9.17, 15) is 4.79 Å². The van der Waals surface area contributed by atoms with Gasteiger partial charge in [0.1, 0.15) is 0 Å². The molecule has 38 valence electrons. The van der Waals surface area contributed by atoms with Crippen molar-refractivity contribution in [1.82, 2.24) is 5.32 Å². The minimum absolute atomic E-state index is 0.216. The van der Waals surface area contributed by atoms with Gasteiger partial charge in [-0.1, -0.05) is 0 Å². The number of hydrogen-bond donors (Lipinski definition) is 1. The highest BCUT2D eigenvalue weighted by atomic mass is 16.2.